The van der Waals surface area contributed by atoms with Crippen molar-refractivity contribution in [1.29, 1.82) is 0 Å². The third kappa shape index (κ3) is 7.29. The van der Waals surface area contributed by atoms with Crippen molar-refractivity contribution < 1.29 is 18.0 Å². The molecule has 1 aromatic carbocycles. The molecular weight excluding hydrogens is 510 g/mol. The van der Waals surface area contributed by atoms with E-state index in [1.54, 1.807) is 0 Å². The van der Waals surface area contributed by atoms with Crippen LogP contribution in [0.1, 0.15) is 31.2 Å². The zero-order valence-corrected chi connectivity index (χ0v) is 19.3. The van der Waals surface area contributed by atoms with Crippen LogP contribution in [-0.4, -0.2) is 62.2 Å². The molecule has 1 aromatic rings. The molecule has 0 spiro atoms. The van der Waals surface area contributed by atoms with Crippen molar-refractivity contribution in [1.82, 2.24) is 15.5 Å². The van der Waals surface area contributed by atoms with Crippen LogP contribution >= 0.6 is 24.0 Å². The van der Waals surface area contributed by atoms with E-state index in [0.29, 0.717) is 45.1 Å². The summed E-state index contributed by atoms with van der Waals surface area (Å²) >= 11 is 0. The lowest BCUT2D eigenvalue weighted by Gasteiger charge is -2.26. The quantitative estimate of drug-likeness (QED) is 0.295. The first-order chi connectivity index (χ1) is 13.8. The Morgan fingerprint density at radius 3 is 2.80 bits per heavy atom. The summed E-state index contributed by atoms with van der Waals surface area (Å²) in [6, 6.07) is 7.75. The molecule has 2 aliphatic rings. The van der Waals surface area contributed by atoms with Gasteiger partial charge in [-0.15, -0.1) is 24.0 Å². The van der Waals surface area contributed by atoms with Gasteiger partial charge < -0.3 is 16.0 Å². The summed E-state index contributed by atoms with van der Waals surface area (Å²) in [5.74, 6) is 0.782. The Hall–Kier alpha value is -1.56. The monoisotopic (exact) mass is 539 g/mol. The molecule has 1 saturated heterocycles. The predicted molar refractivity (Wildman–Crippen MR) is 122 cm³/mol. The standard InChI is InChI=1S/C20H28F3N5O.HI/c1-2-24-19(25-10-14-7-8-28(12-14)13-20(21,22)23)26-11-15-9-18(29)27-17-6-4-3-5-16(15)17;/h3-6,14-15H,2,7-13H2,1H3,(H,27,29)(H2,24,25,26);1H. The third-order valence-electron chi connectivity index (χ3n) is 5.25. The van der Waals surface area contributed by atoms with Gasteiger partial charge in [0, 0.05) is 44.2 Å². The molecule has 2 aliphatic heterocycles. The van der Waals surface area contributed by atoms with Crippen LogP contribution < -0.4 is 16.0 Å². The molecule has 0 bridgehead atoms. The molecule has 0 aromatic heterocycles. The number of likely N-dealkylation sites (tertiary alicyclic amines) is 1. The van der Waals surface area contributed by atoms with Gasteiger partial charge in [-0.1, -0.05) is 18.2 Å². The Labute approximate surface area is 192 Å². The Balaban J connectivity index is 0.00000320. The first kappa shape index (κ1) is 24.7. The van der Waals surface area contributed by atoms with Gasteiger partial charge in [0.25, 0.3) is 0 Å². The Morgan fingerprint density at radius 1 is 1.30 bits per heavy atom. The number of nitrogens with zero attached hydrogens (tertiary/aromatic N) is 2. The van der Waals surface area contributed by atoms with Gasteiger partial charge in [-0.2, -0.15) is 13.2 Å². The average Bonchev–Trinajstić information content (AvgIpc) is 3.09. The second kappa shape index (κ2) is 11.2. The molecule has 10 heteroatoms. The minimum atomic E-state index is -4.16. The van der Waals surface area contributed by atoms with Gasteiger partial charge in [0.05, 0.1) is 6.54 Å². The first-order valence-electron chi connectivity index (χ1n) is 10.0. The summed E-state index contributed by atoms with van der Waals surface area (Å²) in [5, 5.41) is 9.35. The van der Waals surface area contributed by atoms with Crippen LogP contribution in [0.25, 0.3) is 0 Å². The van der Waals surface area contributed by atoms with E-state index < -0.39 is 12.7 Å². The lowest BCUT2D eigenvalue weighted by molar-refractivity contribution is -0.143. The van der Waals surface area contributed by atoms with Crippen molar-refractivity contribution in [3.05, 3.63) is 29.8 Å². The summed E-state index contributed by atoms with van der Waals surface area (Å²) in [5.41, 5.74) is 1.93. The second-order valence-electron chi connectivity index (χ2n) is 7.64. The number of anilines is 1. The minimum absolute atomic E-state index is 0. The molecule has 168 valence electrons. The number of para-hydroxylation sites is 1. The summed E-state index contributed by atoms with van der Waals surface area (Å²) in [4.78, 5) is 18.0. The van der Waals surface area contributed by atoms with Crippen LogP contribution in [0.15, 0.2) is 29.3 Å². The zero-order chi connectivity index (χ0) is 20.9. The summed E-state index contributed by atoms with van der Waals surface area (Å²) in [6.07, 6.45) is -3.04. The number of carbonyl (C=O) groups is 1. The number of benzene rings is 1. The van der Waals surface area contributed by atoms with Gasteiger partial charge in [-0.3, -0.25) is 14.7 Å². The van der Waals surface area contributed by atoms with Crippen LogP contribution in [0.5, 0.6) is 0 Å². The van der Waals surface area contributed by atoms with Gasteiger partial charge in [0.2, 0.25) is 5.91 Å². The van der Waals surface area contributed by atoms with E-state index >= 15 is 0 Å². The molecule has 1 fully saturated rings. The Bertz CT molecular complexity index is 743. The van der Waals surface area contributed by atoms with Crippen LogP contribution in [0, 0.1) is 5.92 Å². The van der Waals surface area contributed by atoms with E-state index in [2.05, 4.69) is 20.9 Å². The number of carbonyl (C=O) groups excluding carboxylic acids is 1. The van der Waals surface area contributed by atoms with Gasteiger partial charge in [-0.25, -0.2) is 0 Å². The predicted octanol–water partition coefficient (Wildman–Crippen LogP) is 3.17. The highest BCUT2D eigenvalue weighted by Gasteiger charge is 2.34. The summed E-state index contributed by atoms with van der Waals surface area (Å²) in [7, 11) is 0. The van der Waals surface area contributed by atoms with Crippen LogP contribution in [-0.2, 0) is 4.79 Å². The van der Waals surface area contributed by atoms with Crippen LogP contribution in [0.3, 0.4) is 0 Å². The van der Waals surface area contributed by atoms with E-state index in [4.69, 9.17) is 0 Å². The number of hydrogen-bond acceptors (Lipinski definition) is 3. The maximum Gasteiger partial charge on any atom is 0.401 e. The molecule has 3 N–H and O–H groups in total. The minimum Gasteiger partial charge on any atom is -0.357 e. The molecule has 2 heterocycles. The number of hydrogen-bond donors (Lipinski definition) is 3. The van der Waals surface area contributed by atoms with E-state index in [1.165, 1.54) is 4.90 Å². The van der Waals surface area contributed by atoms with Gasteiger partial charge >= 0.3 is 6.18 Å². The van der Waals surface area contributed by atoms with Gasteiger partial charge in [0.15, 0.2) is 5.96 Å². The summed E-state index contributed by atoms with van der Waals surface area (Å²) < 4.78 is 37.6. The van der Waals surface area contributed by atoms with Crippen molar-refractivity contribution >= 4 is 41.5 Å². The molecule has 6 nitrogen and oxygen atoms in total. The number of halogens is 4. The highest BCUT2D eigenvalue weighted by atomic mass is 127. The van der Waals surface area contributed by atoms with Crippen molar-refractivity contribution in [3.63, 3.8) is 0 Å². The molecular formula is C20H29F3IN5O. The number of nitrogens with one attached hydrogen (secondary N) is 3. The fourth-order valence-corrected chi connectivity index (χ4v) is 3.93. The number of guanidine groups is 1. The molecule has 0 aliphatic carbocycles. The lowest BCUT2D eigenvalue weighted by atomic mass is 9.90. The maximum absolute atomic E-state index is 12.5. The van der Waals surface area contributed by atoms with Crippen molar-refractivity contribution in [2.24, 2.45) is 10.9 Å². The van der Waals surface area contributed by atoms with Gasteiger partial charge in [-0.05, 0) is 37.4 Å². The molecule has 2 atom stereocenters. The van der Waals surface area contributed by atoms with Gasteiger partial charge in [0.1, 0.15) is 0 Å². The van der Waals surface area contributed by atoms with Crippen LogP contribution in [0.2, 0.25) is 0 Å². The second-order valence-corrected chi connectivity index (χ2v) is 7.64. The van der Waals surface area contributed by atoms with E-state index in [9.17, 15) is 18.0 Å². The molecule has 0 saturated carbocycles. The average molecular weight is 539 g/mol. The third-order valence-corrected chi connectivity index (χ3v) is 5.25. The van der Waals surface area contributed by atoms with E-state index in [0.717, 1.165) is 17.7 Å². The smallest absolute Gasteiger partial charge is 0.357 e. The fraction of sp³-hybridized carbons (Fsp3) is 0.600. The SMILES string of the molecule is CCNC(=NCC1CCN(CC(F)(F)F)C1)NCC1CC(=O)Nc2ccccc21.I. The fourth-order valence-electron chi connectivity index (χ4n) is 3.93. The molecule has 2 unspecified atom stereocenters. The Morgan fingerprint density at radius 2 is 2.07 bits per heavy atom. The number of fused-ring (bicyclic) bond motifs is 1. The van der Waals surface area contributed by atoms with E-state index in [1.807, 2.05) is 31.2 Å². The topological polar surface area (TPSA) is 68.8 Å². The lowest BCUT2D eigenvalue weighted by Crippen LogP contribution is -2.41. The first-order valence-corrected chi connectivity index (χ1v) is 10.0. The van der Waals surface area contributed by atoms with Crippen LogP contribution in [0.4, 0.5) is 18.9 Å². The van der Waals surface area contributed by atoms with E-state index in [-0.39, 0.29) is 41.7 Å². The number of aliphatic imine (C=N–C) groups is 1. The van der Waals surface area contributed by atoms with Crippen molar-refractivity contribution in [3.8, 4) is 0 Å². The number of alkyl halides is 3. The van der Waals surface area contributed by atoms with Crippen molar-refractivity contribution in [2.45, 2.75) is 31.9 Å². The normalized spacial score (nSPS) is 22.1. The molecule has 0 radical (unpaired) electrons. The Kier molecular flexibility index (Phi) is 9.20. The molecule has 3 rings (SSSR count). The summed E-state index contributed by atoms with van der Waals surface area (Å²) in [6.45, 7) is 3.69. The highest BCUT2D eigenvalue weighted by molar-refractivity contribution is 14.0. The highest BCUT2D eigenvalue weighted by Crippen LogP contribution is 2.31. The molecule has 1 amide bonds. The number of amides is 1. The number of rotatable bonds is 6. The van der Waals surface area contributed by atoms with Crippen molar-refractivity contribution in [2.75, 3.05) is 44.6 Å². The zero-order valence-electron chi connectivity index (χ0n) is 17.0. The molecule has 30 heavy (non-hydrogen) atoms. The largest absolute Gasteiger partial charge is 0.401 e. The maximum atomic E-state index is 12.5.